The van der Waals surface area contributed by atoms with E-state index >= 15 is 0 Å². The van der Waals surface area contributed by atoms with Crippen LogP contribution in [0.15, 0.2) is 36.4 Å². The molecule has 0 atom stereocenters. The molecule has 22 heavy (non-hydrogen) atoms. The summed E-state index contributed by atoms with van der Waals surface area (Å²) in [5.74, 6) is -1.53. The summed E-state index contributed by atoms with van der Waals surface area (Å²) in [7, 11) is 0. The largest absolute Gasteiger partial charge is 0.448 e. The average molecular weight is 336 g/mol. The molecule has 4 nitrogen and oxygen atoms in total. The van der Waals surface area contributed by atoms with E-state index in [1.165, 1.54) is 0 Å². The van der Waals surface area contributed by atoms with Crippen LogP contribution in [-0.4, -0.2) is 4.92 Å². The monoisotopic (exact) mass is 335 g/mol. The zero-order chi connectivity index (χ0) is 16.5. The number of halogens is 5. The van der Waals surface area contributed by atoms with Gasteiger partial charge >= 0.3 is 11.9 Å². The van der Waals surface area contributed by atoms with Crippen LogP contribution in [-0.2, 0) is 6.18 Å². The van der Waals surface area contributed by atoms with Crippen molar-refractivity contribution >= 4 is 17.3 Å². The summed E-state index contributed by atoms with van der Waals surface area (Å²) in [6.07, 6.45) is -4.59. The van der Waals surface area contributed by atoms with E-state index < -0.39 is 38.9 Å². The standard InChI is InChI=1S/C13H6ClF4NO3/c14-9-5-7(13(16,17)18)1-4-11(9)22-12-6-8(15)2-3-10(12)19(20)21/h1-6H. The molecule has 2 rings (SSSR count). The maximum Gasteiger partial charge on any atom is 0.416 e. The topological polar surface area (TPSA) is 52.4 Å². The van der Waals surface area contributed by atoms with E-state index in [9.17, 15) is 27.7 Å². The van der Waals surface area contributed by atoms with E-state index in [1.54, 1.807) is 0 Å². The Bertz CT molecular complexity index is 734. The molecule has 116 valence electrons. The number of nitro groups is 1. The van der Waals surface area contributed by atoms with Gasteiger partial charge in [-0.25, -0.2) is 4.39 Å². The molecular formula is C13H6ClF4NO3. The van der Waals surface area contributed by atoms with Crippen LogP contribution in [0.2, 0.25) is 5.02 Å². The van der Waals surface area contributed by atoms with Gasteiger partial charge in [-0.05, 0) is 24.3 Å². The van der Waals surface area contributed by atoms with E-state index in [2.05, 4.69) is 0 Å². The minimum Gasteiger partial charge on any atom is -0.448 e. The summed E-state index contributed by atoms with van der Waals surface area (Å²) in [4.78, 5) is 10.0. The van der Waals surface area contributed by atoms with Gasteiger partial charge in [0.2, 0.25) is 5.75 Å². The second-order valence-corrected chi connectivity index (χ2v) is 4.52. The molecular weight excluding hydrogens is 330 g/mol. The molecule has 0 saturated heterocycles. The first-order valence-electron chi connectivity index (χ1n) is 5.67. The van der Waals surface area contributed by atoms with Gasteiger partial charge in [-0.3, -0.25) is 10.1 Å². The van der Waals surface area contributed by atoms with Crippen LogP contribution in [0.5, 0.6) is 11.5 Å². The van der Waals surface area contributed by atoms with Crippen LogP contribution < -0.4 is 4.74 Å². The number of rotatable bonds is 3. The fourth-order valence-corrected chi connectivity index (χ4v) is 1.82. The second kappa shape index (κ2) is 5.80. The number of ether oxygens (including phenoxy) is 1. The molecule has 0 bridgehead atoms. The molecule has 0 heterocycles. The first-order chi connectivity index (χ1) is 10.2. The highest BCUT2D eigenvalue weighted by Crippen LogP contribution is 2.38. The van der Waals surface area contributed by atoms with Gasteiger partial charge in [-0.15, -0.1) is 0 Å². The highest BCUT2D eigenvalue weighted by molar-refractivity contribution is 6.32. The zero-order valence-electron chi connectivity index (χ0n) is 10.5. The summed E-state index contributed by atoms with van der Waals surface area (Å²) in [6, 6.07) is 4.70. The van der Waals surface area contributed by atoms with Gasteiger partial charge < -0.3 is 4.74 Å². The predicted octanol–water partition coefficient (Wildman–Crippen LogP) is 5.20. The second-order valence-electron chi connectivity index (χ2n) is 4.11. The molecule has 2 aromatic rings. The Labute approximate surface area is 126 Å². The normalized spacial score (nSPS) is 11.3. The molecule has 2 aromatic carbocycles. The van der Waals surface area contributed by atoms with E-state index in [-0.39, 0.29) is 5.75 Å². The smallest absolute Gasteiger partial charge is 0.416 e. The van der Waals surface area contributed by atoms with E-state index in [1.807, 2.05) is 0 Å². The molecule has 0 spiro atoms. The first kappa shape index (κ1) is 16.0. The van der Waals surface area contributed by atoms with Gasteiger partial charge in [0.25, 0.3) is 0 Å². The van der Waals surface area contributed by atoms with E-state index in [0.29, 0.717) is 12.1 Å². The Morgan fingerprint density at radius 2 is 1.77 bits per heavy atom. The molecule has 0 aliphatic rings. The van der Waals surface area contributed by atoms with Gasteiger partial charge in [0.05, 0.1) is 15.5 Å². The van der Waals surface area contributed by atoms with Crippen molar-refractivity contribution < 1.29 is 27.2 Å². The Balaban J connectivity index is 2.40. The maximum atomic E-state index is 13.1. The quantitative estimate of drug-likeness (QED) is 0.440. The van der Waals surface area contributed by atoms with Gasteiger partial charge in [0, 0.05) is 12.1 Å². The highest BCUT2D eigenvalue weighted by Gasteiger charge is 2.31. The van der Waals surface area contributed by atoms with Crippen molar-refractivity contribution in [2.24, 2.45) is 0 Å². The molecule has 0 amide bonds. The van der Waals surface area contributed by atoms with Gasteiger partial charge in [0.15, 0.2) is 0 Å². The number of nitro benzene ring substituents is 1. The summed E-state index contributed by atoms with van der Waals surface area (Å²) >= 11 is 5.67. The molecule has 0 N–H and O–H groups in total. The number of nitrogens with zero attached hydrogens (tertiary/aromatic N) is 1. The van der Waals surface area contributed by atoms with Crippen LogP contribution in [0, 0.1) is 15.9 Å². The van der Waals surface area contributed by atoms with E-state index in [0.717, 1.165) is 24.3 Å². The number of hydrogen-bond acceptors (Lipinski definition) is 3. The lowest BCUT2D eigenvalue weighted by atomic mass is 10.2. The Morgan fingerprint density at radius 1 is 1.09 bits per heavy atom. The molecule has 0 radical (unpaired) electrons. The highest BCUT2D eigenvalue weighted by atomic mass is 35.5. The predicted molar refractivity (Wildman–Crippen MR) is 69.6 cm³/mol. The Morgan fingerprint density at radius 3 is 2.32 bits per heavy atom. The van der Waals surface area contributed by atoms with Crippen LogP contribution in [0.3, 0.4) is 0 Å². The lowest BCUT2D eigenvalue weighted by Gasteiger charge is -2.11. The van der Waals surface area contributed by atoms with Crippen molar-refractivity contribution in [3.05, 3.63) is 62.9 Å². The van der Waals surface area contributed by atoms with Crippen LogP contribution in [0.4, 0.5) is 23.2 Å². The van der Waals surface area contributed by atoms with Crippen molar-refractivity contribution in [1.82, 2.24) is 0 Å². The molecule has 9 heteroatoms. The molecule has 0 aromatic heterocycles. The minimum atomic E-state index is -4.59. The lowest BCUT2D eigenvalue weighted by molar-refractivity contribution is -0.385. The Hall–Kier alpha value is -2.35. The number of hydrogen-bond donors (Lipinski definition) is 0. The summed E-state index contributed by atoms with van der Waals surface area (Å²) in [6.45, 7) is 0. The number of benzene rings is 2. The summed E-state index contributed by atoms with van der Waals surface area (Å²) in [5.41, 5.74) is -1.55. The third-order valence-corrected chi connectivity index (χ3v) is 2.89. The number of alkyl halides is 3. The van der Waals surface area contributed by atoms with Crippen molar-refractivity contribution in [2.75, 3.05) is 0 Å². The fraction of sp³-hybridized carbons (Fsp3) is 0.0769. The van der Waals surface area contributed by atoms with Gasteiger partial charge in [-0.2, -0.15) is 13.2 Å². The lowest BCUT2D eigenvalue weighted by Crippen LogP contribution is -2.04. The Kier molecular flexibility index (Phi) is 4.23. The van der Waals surface area contributed by atoms with E-state index in [4.69, 9.17) is 16.3 Å². The first-order valence-corrected chi connectivity index (χ1v) is 6.05. The van der Waals surface area contributed by atoms with Crippen LogP contribution in [0.1, 0.15) is 5.56 Å². The third kappa shape index (κ3) is 3.45. The third-order valence-electron chi connectivity index (χ3n) is 2.60. The molecule has 0 saturated carbocycles. The molecule has 0 unspecified atom stereocenters. The zero-order valence-corrected chi connectivity index (χ0v) is 11.3. The van der Waals surface area contributed by atoms with Crippen LogP contribution in [0.25, 0.3) is 0 Å². The van der Waals surface area contributed by atoms with Crippen molar-refractivity contribution in [1.29, 1.82) is 0 Å². The SMILES string of the molecule is O=[N+]([O-])c1ccc(F)cc1Oc1ccc(C(F)(F)F)cc1Cl. The van der Waals surface area contributed by atoms with Crippen molar-refractivity contribution in [3.8, 4) is 11.5 Å². The van der Waals surface area contributed by atoms with Crippen LogP contribution >= 0.6 is 11.6 Å². The van der Waals surface area contributed by atoms with Gasteiger partial charge in [0.1, 0.15) is 11.6 Å². The van der Waals surface area contributed by atoms with Crippen molar-refractivity contribution in [2.45, 2.75) is 6.18 Å². The maximum absolute atomic E-state index is 13.1. The fourth-order valence-electron chi connectivity index (χ4n) is 1.60. The molecule has 0 fully saturated rings. The van der Waals surface area contributed by atoms with Gasteiger partial charge in [-0.1, -0.05) is 11.6 Å². The van der Waals surface area contributed by atoms with Crippen molar-refractivity contribution in [3.63, 3.8) is 0 Å². The minimum absolute atomic E-state index is 0.261. The average Bonchev–Trinajstić information content (AvgIpc) is 2.39. The summed E-state index contributed by atoms with van der Waals surface area (Å²) in [5, 5.41) is 10.4. The summed E-state index contributed by atoms with van der Waals surface area (Å²) < 4.78 is 55.8. The molecule has 0 aliphatic carbocycles. The molecule has 0 aliphatic heterocycles.